The van der Waals surface area contributed by atoms with Gasteiger partial charge in [-0.1, -0.05) is 20.8 Å². The van der Waals surface area contributed by atoms with Gasteiger partial charge in [-0.05, 0) is 12.8 Å². The van der Waals surface area contributed by atoms with Crippen LogP contribution in [0.3, 0.4) is 0 Å². The van der Waals surface area contributed by atoms with Crippen LogP contribution in [0.4, 0.5) is 0 Å². The van der Waals surface area contributed by atoms with Gasteiger partial charge in [0.15, 0.2) is 5.60 Å². The summed E-state index contributed by atoms with van der Waals surface area (Å²) in [4.78, 5) is 21.4. The van der Waals surface area contributed by atoms with Crippen molar-refractivity contribution in [1.82, 2.24) is 0 Å². The largest absolute Gasteiger partial charge is 0.451 e. The van der Waals surface area contributed by atoms with Crippen molar-refractivity contribution >= 4 is 12.3 Å². The predicted octanol–water partition coefficient (Wildman–Crippen LogP) is 1.61. The zero-order chi connectivity index (χ0) is 9.61. The normalized spacial score (nSPS) is 10.9. The van der Waals surface area contributed by atoms with Crippen LogP contribution in [-0.4, -0.2) is 17.9 Å². The third-order valence-corrected chi connectivity index (χ3v) is 1.93. The fourth-order valence-electron chi connectivity index (χ4n) is 0.850. The average molecular weight is 171 g/mol. The van der Waals surface area contributed by atoms with Crippen LogP contribution in [0.5, 0.6) is 0 Å². The predicted molar refractivity (Wildman–Crippen MR) is 45.4 cm³/mol. The van der Waals surface area contributed by atoms with Crippen LogP contribution in [0, 0.1) is 0 Å². The number of carbonyl (C=O) groups excluding carboxylic acids is 2. The van der Waals surface area contributed by atoms with Gasteiger partial charge in [0.25, 0.3) is 0 Å². The number of ether oxygens (including phenoxy) is 1. The van der Waals surface area contributed by atoms with E-state index in [4.69, 9.17) is 4.74 Å². The van der Waals surface area contributed by atoms with Crippen molar-refractivity contribution < 1.29 is 14.3 Å². The zero-order valence-corrected chi connectivity index (χ0v) is 7.85. The minimum atomic E-state index is -1.01. The Kier molecular flexibility index (Phi) is 4.55. The van der Waals surface area contributed by atoms with Gasteiger partial charge in [-0.3, -0.25) is 9.59 Å². The van der Waals surface area contributed by atoms with Gasteiger partial charge in [0.05, 0.1) is 0 Å². The molecular formula is C9H15O3. The monoisotopic (exact) mass is 171 g/mol. The molecule has 0 aromatic heterocycles. The Bertz CT molecular complexity index is 159. The molecule has 0 rings (SSSR count). The highest BCUT2D eigenvalue weighted by Gasteiger charge is 2.30. The molecule has 3 heteroatoms. The minimum Gasteiger partial charge on any atom is -0.451 e. The molecule has 0 unspecified atom stereocenters. The Labute approximate surface area is 73.1 Å². The van der Waals surface area contributed by atoms with Crippen molar-refractivity contribution in [2.24, 2.45) is 0 Å². The van der Waals surface area contributed by atoms with E-state index in [1.807, 2.05) is 0 Å². The molecule has 12 heavy (non-hydrogen) atoms. The molecule has 0 saturated heterocycles. The molecule has 0 fully saturated rings. The second-order valence-electron chi connectivity index (χ2n) is 2.63. The van der Waals surface area contributed by atoms with Gasteiger partial charge in [0.1, 0.15) is 0 Å². The van der Waals surface area contributed by atoms with E-state index in [2.05, 4.69) is 0 Å². The lowest BCUT2D eigenvalue weighted by atomic mass is 9.99. The molecule has 0 heterocycles. The van der Waals surface area contributed by atoms with Crippen molar-refractivity contribution in [3.05, 3.63) is 0 Å². The van der Waals surface area contributed by atoms with E-state index in [-0.39, 0.29) is 5.97 Å². The summed E-state index contributed by atoms with van der Waals surface area (Å²) < 4.78 is 4.97. The van der Waals surface area contributed by atoms with Crippen LogP contribution in [-0.2, 0) is 14.3 Å². The van der Waals surface area contributed by atoms with Crippen molar-refractivity contribution in [1.29, 1.82) is 0 Å². The number of carbonyl (C=O) groups is 1. The highest BCUT2D eigenvalue weighted by molar-refractivity contribution is 5.74. The summed E-state index contributed by atoms with van der Waals surface area (Å²) in [5.74, 6) is -0.345. The molecule has 3 nitrogen and oxygen atoms in total. The maximum Gasteiger partial charge on any atom is 0.306 e. The van der Waals surface area contributed by atoms with E-state index in [0.717, 1.165) is 0 Å². The Morgan fingerprint density at radius 3 is 2.08 bits per heavy atom. The SMILES string of the molecule is CCC(=O)OC([C]=O)(CC)CC. The number of rotatable bonds is 5. The standard InChI is InChI=1S/C9H15O3/c1-4-8(11)12-9(5-2,6-3)7-10/h4-6H2,1-3H3. The molecule has 0 aliphatic heterocycles. The van der Waals surface area contributed by atoms with Crippen LogP contribution in [0.2, 0.25) is 0 Å². The fourth-order valence-corrected chi connectivity index (χ4v) is 0.850. The third-order valence-electron chi connectivity index (χ3n) is 1.93. The molecule has 0 aliphatic rings. The molecule has 0 aliphatic carbocycles. The van der Waals surface area contributed by atoms with E-state index < -0.39 is 5.60 Å². The number of hydrogen-bond acceptors (Lipinski definition) is 3. The molecule has 0 saturated carbocycles. The summed E-state index contributed by atoms with van der Waals surface area (Å²) in [6.07, 6.45) is 3.05. The van der Waals surface area contributed by atoms with Crippen molar-refractivity contribution in [2.75, 3.05) is 0 Å². The topological polar surface area (TPSA) is 43.4 Å². The quantitative estimate of drug-likeness (QED) is 0.590. The molecule has 0 amide bonds. The van der Waals surface area contributed by atoms with Crippen LogP contribution in [0.15, 0.2) is 0 Å². The molecule has 0 atom stereocenters. The molecule has 69 valence electrons. The summed E-state index contributed by atoms with van der Waals surface area (Å²) in [5.41, 5.74) is -1.01. The van der Waals surface area contributed by atoms with Gasteiger partial charge >= 0.3 is 5.97 Å². The lowest BCUT2D eigenvalue weighted by Gasteiger charge is -2.23. The molecule has 0 bridgehead atoms. The number of hydrogen-bond donors (Lipinski definition) is 0. The average Bonchev–Trinajstić information content (AvgIpc) is 2.14. The van der Waals surface area contributed by atoms with E-state index in [1.165, 1.54) is 0 Å². The molecule has 0 aromatic carbocycles. The first-order chi connectivity index (χ1) is 5.64. The van der Waals surface area contributed by atoms with E-state index >= 15 is 0 Å². The summed E-state index contributed by atoms with van der Waals surface area (Å²) in [6.45, 7) is 5.30. The first-order valence-corrected chi connectivity index (χ1v) is 4.25. The van der Waals surface area contributed by atoms with Gasteiger partial charge in [0, 0.05) is 6.42 Å². The van der Waals surface area contributed by atoms with Crippen molar-refractivity contribution in [3.63, 3.8) is 0 Å². The van der Waals surface area contributed by atoms with E-state index in [0.29, 0.717) is 19.3 Å². The molecule has 0 N–H and O–H groups in total. The van der Waals surface area contributed by atoms with Gasteiger partial charge < -0.3 is 4.74 Å². The maximum absolute atomic E-state index is 10.9. The fraction of sp³-hybridized carbons (Fsp3) is 0.778. The Hall–Kier alpha value is -0.860. The third kappa shape index (κ3) is 2.64. The molecular weight excluding hydrogens is 156 g/mol. The lowest BCUT2D eigenvalue weighted by Crippen LogP contribution is -2.35. The second-order valence-corrected chi connectivity index (χ2v) is 2.63. The smallest absolute Gasteiger partial charge is 0.306 e. The second kappa shape index (κ2) is 4.91. The first-order valence-electron chi connectivity index (χ1n) is 4.25. The number of esters is 1. The summed E-state index contributed by atoms with van der Waals surface area (Å²) in [5, 5.41) is 0. The summed E-state index contributed by atoms with van der Waals surface area (Å²) in [7, 11) is 0. The first kappa shape index (κ1) is 11.1. The van der Waals surface area contributed by atoms with Gasteiger partial charge in [-0.15, -0.1) is 0 Å². The van der Waals surface area contributed by atoms with Crippen LogP contribution in [0.1, 0.15) is 40.0 Å². The lowest BCUT2D eigenvalue weighted by molar-refractivity contribution is -0.153. The molecule has 0 spiro atoms. The van der Waals surface area contributed by atoms with Gasteiger partial charge in [-0.25, -0.2) is 0 Å². The highest BCUT2D eigenvalue weighted by Crippen LogP contribution is 2.18. The van der Waals surface area contributed by atoms with Gasteiger partial charge in [0.2, 0.25) is 6.29 Å². The van der Waals surface area contributed by atoms with Gasteiger partial charge in [-0.2, -0.15) is 0 Å². The minimum absolute atomic E-state index is 0.295. The van der Waals surface area contributed by atoms with E-state index in [9.17, 15) is 9.59 Å². The highest BCUT2D eigenvalue weighted by atomic mass is 16.6. The molecule has 1 radical (unpaired) electrons. The Morgan fingerprint density at radius 1 is 1.33 bits per heavy atom. The van der Waals surface area contributed by atoms with Crippen LogP contribution in [0.25, 0.3) is 0 Å². The Morgan fingerprint density at radius 2 is 1.83 bits per heavy atom. The molecule has 0 aromatic rings. The maximum atomic E-state index is 10.9. The van der Waals surface area contributed by atoms with Crippen LogP contribution >= 0.6 is 0 Å². The van der Waals surface area contributed by atoms with Crippen molar-refractivity contribution in [3.8, 4) is 0 Å². The summed E-state index contributed by atoms with van der Waals surface area (Å²) >= 11 is 0. The van der Waals surface area contributed by atoms with E-state index in [1.54, 1.807) is 27.1 Å². The Balaban J connectivity index is 4.29. The zero-order valence-electron chi connectivity index (χ0n) is 7.85. The van der Waals surface area contributed by atoms with Crippen LogP contribution < -0.4 is 0 Å². The summed E-state index contributed by atoms with van der Waals surface area (Å²) in [6, 6.07) is 0. The van der Waals surface area contributed by atoms with Crippen molar-refractivity contribution in [2.45, 2.75) is 45.6 Å².